The van der Waals surface area contributed by atoms with E-state index in [0.29, 0.717) is 23.1 Å². The summed E-state index contributed by atoms with van der Waals surface area (Å²) >= 11 is 0. The van der Waals surface area contributed by atoms with Crippen molar-refractivity contribution >= 4 is 28.3 Å². The third-order valence-electron chi connectivity index (χ3n) is 5.34. The lowest BCUT2D eigenvalue weighted by Gasteiger charge is -2.17. The van der Waals surface area contributed by atoms with Crippen LogP contribution in [0.15, 0.2) is 42.5 Å². The van der Waals surface area contributed by atoms with Crippen LogP contribution in [0.2, 0.25) is 0 Å². The maximum atomic E-state index is 14.5. The Morgan fingerprint density at radius 1 is 1.18 bits per heavy atom. The molecular formula is C24H20F3NO5. The number of amides is 1. The van der Waals surface area contributed by atoms with Gasteiger partial charge in [0.05, 0.1) is 25.1 Å². The van der Waals surface area contributed by atoms with Crippen molar-refractivity contribution in [3.63, 3.8) is 0 Å². The van der Waals surface area contributed by atoms with Crippen LogP contribution in [-0.4, -0.2) is 30.2 Å². The van der Waals surface area contributed by atoms with E-state index in [1.165, 1.54) is 23.1 Å². The zero-order valence-corrected chi connectivity index (χ0v) is 17.6. The molecule has 1 heterocycles. The van der Waals surface area contributed by atoms with Gasteiger partial charge in [0.25, 0.3) is 5.91 Å². The summed E-state index contributed by atoms with van der Waals surface area (Å²) in [6.07, 6.45) is 0.225. The molecule has 0 unspecified atom stereocenters. The van der Waals surface area contributed by atoms with Crippen molar-refractivity contribution in [1.82, 2.24) is 0 Å². The number of carboxylic acid groups (broad SMARTS) is 1. The number of rotatable bonds is 8. The van der Waals surface area contributed by atoms with Gasteiger partial charge < -0.3 is 19.5 Å². The molecule has 6 nitrogen and oxygen atoms in total. The first kappa shape index (κ1) is 22.4. The minimum absolute atomic E-state index is 0.0298. The molecule has 0 atom stereocenters. The molecule has 1 amide bonds. The minimum atomic E-state index is -3.09. The van der Waals surface area contributed by atoms with Gasteiger partial charge in [-0.1, -0.05) is 25.1 Å². The molecule has 4 rings (SSSR count). The molecule has 172 valence electrons. The van der Waals surface area contributed by atoms with Crippen molar-refractivity contribution in [2.24, 2.45) is 0 Å². The molecule has 1 N–H and O–H groups in total. The van der Waals surface area contributed by atoms with Crippen LogP contribution in [-0.2, 0) is 17.8 Å². The van der Waals surface area contributed by atoms with Gasteiger partial charge in [-0.05, 0) is 41.6 Å². The third kappa shape index (κ3) is 4.30. The Balaban J connectivity index is 1.84. The second kappa shape index (κ2) is 9.01. The molecule has 33 heavy (non-hydrogen) atoms. The molecular weight excluding hydrogens is 439 g/mol. The predicted octanol–water partition coefficient (Wildman–Crippen LogP) is 5.16. The molecule has 0 saturated carbocycles. The molecule has 0 radical (unpaired) electrons. The fourth-order valence-electron chi connectivity index (χ4n) is 3.95. The van der Waals surface area contributed by atoms with E-state index in [9.17, 15) is 22.8 Å². The first-order chi connectivity index (χ1) is 15.8. The number of alkyl halides is 2. The smallest absolute Gasteiger partial charge is 0.387 e. The molecule has 3 aromatic carbocycles. The van der Waals surface area contributed by atoms with Crippen LogP contribution in [0, 0.1) is 5.82 Å². The number of ether oxygens (including phenoxy) is 2. The van der Waals surface area contributed by atoms with E-state index in [-0.39, 0.29) is 34.7 Å². The van der Waals surface area contributed by atoms with E-state index in [4.69, 9.17) is 14.6 Å². The van der Waals surface area contributed by atoms with E-state index in [0.717, 1.165) is 12.5 Å². The first-order valence-corrected chi connectivity index (χ1v) is 10.3. The molecule has 0 fully saturated rings. The van der Waals surface area contributed by atoms with E-state index < -0.39 is 30.7 Å². The molecule has 1 aliphatic heterocycles. The van der Waals surface area contributed by atoms with Crippen LogP contribution in [0.3, 0.4) is 0 Å². The van der Waals surface area contributed by atoms with Crippen molar-refractivity contribution in [1.29, 1.82) is 0 Å². The lowest BCUT2D eigenvalue weighted by atomic mass is 9.98. The van der Waals surface area contributed by atoms with Gasteiger partial charge in [0.1, 0.15) is 17.3 Å². The lowest BCUT2D eigenvalue weighted by Crippen LogP contribution is -2.23. The summed E-state index contributed by atoms with van der Waals surface area (Å²) < 4.78 is 51.2. The fourth-order valence-corrected chi connectivity index (χ4v) is 3.95. The number of carbonyl (C=O) groups is 2. The Bertz CT molecular complexity index is 1240. The molecule has 1 aliphatic rings. The van der Waals surface area contributed by atoms with Crippen LogP contribution in [0.4, 0.5) is 18.9 Å². The molecule has 9 heteroatoms. The van der Waals surface area contributed by atoms with Gasteiger partial charge in [0, 0.05) is 16.6 Å². The molecule has 0 bridgehead atoms. The number of carboxylic acids is 1. The molecule has 0 spiro atoms. The number of halogens is 3. The van der Waals surface area contributed by atoms with Gasteiger partial charge in [-0.25, -0.2) is 4.39 Å². The van der Waals surface area contributed by atoms with Gasteiger partial charge in [-0.2, -0.15) is 8.78 Å². The number of carbonyl (C=O) groups excluding carboxylic acids is 1. The van der Waals surface area contributed by atoms with Crippen molar-refractivity contribution in [3.05, 3.63) is 65.0 Å². The predicted molar refractivity (Wildman–Crippen MR) is 115 cm³/mol. The van der Waals surface area contributed by atoms with Crippen molar-refractivity contribution in [2.45, 2.75) is 32.9 Å². The summed E-state index contributed by atoms with van der Waals surface area (Å²) in [5, 5.41) is 9.87. The average molecular weight is 459 g/mol. The fraction of sp³-hybridized carbons (Fsp3) is 0.250. The Hall–Kier alpha value is -3.75. The number of benzene rings is 3. The summed E-state index contributed by atoms with van der Waals surface area (Å²) in [5.74, 6) is -2.19. The molecule has 3 aromatic rings. The summed E-state index contributed by atoms with van der Waals surface area (Å²) in [5.41, 5.74) is 0.545. The highest BCUT2D eigenvalue weighted by atomic mass is 19.3. The normalized spacial score (nSPS) is 13.0. The maximum Gasteiger partial charge on any atom is 0.387 e. The second-order valence-corrected chi connectivity index (χ2v) is 7.55. The average Bonchev–Trinajstić information content (AvgIpc) is 3.10. The van der Waals surface area contributed by atoms with E-state index in [1.54, 1.807) is 18.2 Å². The Kier molecular flexibility index (Phi) is 6.13. The number of hydrogen-bond acceptors (Lipinski definition) is 4. The first-order valence-electron chi connectivity index (χ1n) is 10.3. The molecule has 0 aliphatic carbocycles. The minimum Gasteiger partial charge on any atom is -0.493 e. The van der Waals surface area contributed by atoms with Crippen LogP contribution in [0.25, 0.3) is 10.8 Å². The largest absolute Gasteiger partial charge is 0.493 e. The Morgan fingerprint density at radius 3 is 2.64 bits per heavy atom. The summed E-state index contributed by atoms with van der Waals surface area (Å²) in [4.78, 5) is 25.6. The standard InChI is InChI=1S/C24H20F3NO5/c1-2-8-32-18-5-3-4-14-9-19(33-24(26)27)16-12-28(23(31)22(16)21(14)18)15-7-6-13(10-20(29)30)17(25)11-15/h3-7,9,11,24H,2,8,10,12H2,1H3,(H,29,30). The molecule has 0 saturated heterocycles. The van der Waals surface area contributed by atoms with E-state index in [1.807, 2.05) is 6.92 Å². The summed E-state index contributed by atoms with van der Waals surface area (Å²) in [6.45, 7) is -0.883. The highest BCUT2D eigenvalue weighted by Gasteiger charge is 2.35. The van der Waals surface area contributed by atoms with Gasteiger partial charge in [-0.15, -0.1) is 0 Å². The van der Waals surface area contributed by atoms with Gasteiger partial charge >= 0.3 is 12.6 Å². The zero-order chi connectivity index (χ0) is 23.7. The maximum absolute atomic E-state index is 14.5. The molecule has 0 aromatic heterocycles. The van der Waals surface area contributed by atoms with Gasteiger partial charge in [-0.3, -0.25) is 9.59 Å². The Morgan fingerprint density at radius 2 is 1.97 bits per heavy atom. The van der Waals surface area contributed by atoms with Crippen LogP contribution < -0.4 is 14.4 Å². The van der Waals surface area contributed by atoms with Crippen LogP contribution >= 0.6 is 0 Å². The number of anilines is 1. The topological polar surface area (TPSA) is 76.1 Å². The summed E-state index contributed by atoms with van der Waals surface area (Å²) in [7, 11) is 0. The Labute approximate surface area is 187 Å². The number of hydrogen-bond donors (Lipinski definition) is 1. The van der Waals surface area contributed by atoms with Crippen molar-refractivity contribution < 1.29 is 37.3 Å². The van der Waals surface area contributed by atoms with Crippen LogP contribution in [0.5, 0.6) is 11.5 Å². The zero-order valence-electron chi connectivity index (χ0n) is 17.6. The third-order valence-corrected chi connectivity index (χ3v) is 5.34. The number of nitrogens with zero attached hydrogens (tertiary/aromatic N) is 1. The van der Waals surface area contributed by atoms with Crippen molar-refractivity contribution in [2.75, 3.05) is 11.5 Å². The highest BCUT2D eigenvalue weighted by molar-refractivity contribution is 6.19. The lowest BCUT2D eigenvalue weighted by molar-refractivity contribution is -0.136. The summed E-state index contributed by atoms with van der Waals surface area (Å²) in [6, 6.07) is 10.3. The number of fused-ring (bicyclic) bond motifs is 3. The SMILES string of the molecule is CCCOc1cccc2cc(OC(F)F)c3c(c12)C(=O)N(c1ccc(CC(=O)O)c(F)c1)C3. The number of aliphatic carboxylic acids is 1. The van der Waals surface area contributed by atoms with Crippen molar-refractivity contribution in [3.8, 4) is 11.5 Å². The monoisotopic (exact) mass is 459 g/mol. The van der Waals surface area contributed by atoms with E-state index >= 15 is 0 Å². The van der Waals surface area contributed by atoms with Crippen LogP contribution in [0.1, 0.15) is 34.8 Å². The quantitative estimate of drug-likeness (QED) is 0.504. The highest BCUT2D eigenvalue weighted by Crippen LogP contribution is 2.43. The van der Waals surface area contributed by atoms with Gasteiger partial charge in [0.15, 0.2) is 0 Å². The van der Waals surface area contributed by atoms with E-state index in [2.05, 4.69) is 0 Å². The van der Waals surface area contributed by atoms with Gasteiger partial charge in [0.2, 0.25) is 0 Å². The second-order valence-electron chi connectivity index (χ2n) is 7.55.